The standard InChI is InChI=1S/C19H25NO3/c1-14(2)16-10-8-15(9-11-16)5-3-7-18(21)20-12-4-6-17(13-20)19(22)23/h3,5,8-11,14,17H,4,6-7,12-13H2,1-2H3,(H,22,23)/b5-3+/t17-/m0/s1. The molecule has 1 N–H and O–H groups in total. The third kappa shape index (κ3) is 4.95. The quantitative estimate of drug-likeness (QED) is 0.904. The zero-order valence-corrected chi connectivity index (χ0v) is 13.9. The van der Waals surface area contributed by atoms with Crippen molar-refractivity contribution in [1.82, 2.24) is 4.90 Å². The molecule has 1 aromatic carbocycles. The van der Waals surface area contributed by atoms with E-state index in [1.165, 1.54) is 5.56 Å². The van der Waals surface area contributed by atoms with E-state index in [1.807, 2.05) is 12.2 Å². The van der Waals surface area contributed by atoms with Crippen LogP contribution < -0.4 is 0 Å². The van der Waals surface area contributed by atoms with Gasteiger partial charge in [-0.2, -0.15) is 0 Å². The van der Waals surface area contributed by atoms with Gasteiger partial charge in [-0.15, -0.1) is 0 Å². The molecule has 0 spiro atoms. The summed E-state index contributed by atoms with van der Waals surface area (Å²) in [5, 5.41) is 9.07. The number of nitrogens with zero attached hydrogens (tertiary/aromatic N) is 1. The molecule has 0 unspecified atom stereocenters. The van der Waals surface area contributed by atoms with Crippen LogP contribution in [0.2, 0.25) is 0 Å². The van der Waals surface area contributed by atoms with Crippen molar-refractivity contribution in [2.24, 2.45) is 5.92 Å². The molecule has 1 heterocycles. The van der Waals surface area contributed by atoms with Gasteiger partial charge in [-0.25, -0.2) is 0 Å². The van der Waals surface area contributed by atoms with Gasteiger partial charge < -0.3 is 10.0 Å². The number of piperidine rings is 1. The van der Waals surface area contributed by atoms with E-state index in [-0.39, 0.29) is 5.91 Å². The van der Waals surface area contributed by atoms with Gasteiger partial charge >= 0.3 is 5.97 Å². The summed E-state index contributed by atoms with van der Waals surface area (Å²) in [6, 6.07) is 8.32. The normalized spacial score (nSPS) is 18.6. The van der Waals surface area contributed by atoms with Crippen LogP contribution in [0.15, 0.2) is 30.3 Å². The Bertz CT molecular complexity index is 575. The topological polar surface area (TPSA) is 57.6 Å². The molecule has 1 aliphatic rings. The number of amides is 1. The van der Waals surface area contributed by atoms with Gasteiger partial charge in [0.05, 0.1) is 5.92 Å². The Kier molecular flexibility index (Phi) is 5.97. The van der Waals surface area contributed by atoms with Gasteiger partial charge in [0.2, 0.25) is 5.91 Å². The molecule has 124 valence electrons. The first kappa shape index (κ1) is 17.3. The van der Waals surface area contributed by atoms with Gasteiger partial charge in [0.25, 0.3) is 0 Å². The molecule has 0 radical (unpaired) electrons. The molecule has 1 amide bonds. The molecule has 4 heteroatoms. The van der Waals surface area contributed by atoms with Crippen molar-refractivity contribution in [3.63, 3.8) is 0 Å². The molecule has 0 aromatic heterocycles. The van der Waals surface area contributed by atoms with Crippen LogP contribution in [0.3, 0.4) is 0 Å². The Morgan fingerprint density at radius 1 is 1.30 bits per heavy atom. The van der Waals surface area contributed by atoms with Crippen molar-refractivity contribution in [3.8, 4) is 0 Å². The van der Waals surface area contributed by atoms with Crippen LogP contribution in [0.5, 0.6) is 0 Å². The minimum atomic E-state index is -0.803. The summed E-state index contributed by atoms with van der Waals surface area (Å²) in [5.74, 6) is -0.703. The number of likely N-dealkylation sites (tertiary alicyclic amines) is 1. The Balaban J connectivity index is 1.87. The fraction of sp³-hybridized carbons (Fsp3) is 0.474. The van der Waals surface area contributed by atoms with Crippen LogP contribution in [-0.2, 0) is 9.59 Å². The van der Waals surface area contributed by atoms with Gasteiger partial charge in [0, 0.05) is 19.5 Å². The van der Waals surface area contributed by atoms with Gasteiger partial charge in [0.15, 0.2) is 0 Å². The molecule has 1 aromatic rings. The van der Waals surface area contributed by atoms with E-state index in [4.69, 9.17) is 5.11 Å². The van der Waals surface area contributed by atoms with Crippen LogP contribution in [0.4, 0.5) is 0 Å². The maximum atomic E-state index is 12.2. The first-order valence-corrected chi connectivity index (χ1v) is 8.24. The SMILES string of the molecule is CC(C)c1ccc(/C=C/CC(=O)N2CCC[C@H](C(=O)O)C2)cc1. The number of rotatable bonds is 5. The largest absolute Gasteiger partial charge is 0.481 e. The first-order valence-electron chi connectivity index (χ1n) is 8.24. The van der Waals surface area contributed by atoms with Crippen molar-refractivity contribution < 1.29 is 14.7 Å². The lowest BCUT2D eigenvalue weighted by molar-refractivity contribution is -0.145. The molecular formula is C19H25NO3. The maximum Gasteiger partial charge on any atom is 0.308 e. The van der Waals surface area contributed by atoms with Crippen LogP contribution >= 0.6 is 0 Å². The second-order valence-electron chi connectivity index (χ2n) is 6.45. The number of carboxylic acids is 1. The molecule has 2 rings (SSSR count). The van der Waals surface area contributed by atoms with E-state index < -0.39 is 11.9 Å². The Morgan fingerprint density at radius 2 is 2.00 bits per heavy atom. The highest BCUT2D eigenvalue weighted by Gasteiger charge is 2.27. The lowest BCUT2D eigenvalue weighted by atomic mass is 9.98. The molecule has 1 saturated heterocycles. The number of benzene rings is 1. The predicted molar refractivity (Wildman–Crippen MR) is 91.1 cm³/mol. The number of hydrogen-bond acceptors (Lipinski definition) is 2. The highest BCUT2D eigenvalue weighted by molar-refractivity contribution is 5.80. The van der Waals surface area contributed by atoms with E-state index in [2.05, 4.69) is 38.1 Å². The number of aliphatic carboxylic acids is 1. The van der Waals surface area contributed by atoms with Crippen molar-refractivity contribution in [2.75, 3.05) is 13.1 Å². The van der Waals surface area contributed by atoms with Gasteiger partial charge in [0.1, 0.15) is 0 Å². The molecule has 0 aliphatic carbocycles. The third-order valence-electron chi connectivity index (χ3n) is 4.33. The van der Waals surface area contributed by atoms with Gasteiger partial charge in [-0.05, 0) is 29.9 Å². The molecule has 0 bridgehead atoms. The second kappa shape index (κ2) is 7.95. The van der Waals surface area contributed by atoms with E-state index in [9.17, 15) is 9.59 Å². The fourth-order valence-electron chi connectivity index (χ4n) is 2.82. The highest BCUT2D eigenvalue weighted by Crippen LogP contribution is 2.18. The number of carbonyl (C=O) groups excluding carboxylic acids is 1. The Labute approximate surface area is 137 Å². The van der Waals surface area contributed by atoms with Gasteiger partial charge in [-0.3, -0.25) is 9.59 Å². The third-order valence-corrected chi connectivity index (χ3v) is 4.33. The van der Waals surface area contributed by atoms with Crippen molar-refractivity contribution in [2.45, 2.75) is 39.0 Å². The lowest BCUT2D eigenvalue weighted by Crippen LogP contribution is -2.42. The van der Waals surface area contributed by atoms with E-state index >= 15 is 0 Å². The van der Waals surface area contributed by atoms with Crippen LogP contribution in [-0.4, -0.2) is 35.0 Å². The summed E-state index contributed by atoms with van der Waals surface area (Å²) >= 11 is 0. The highest BCUT2D eigenvalue weighted by atomic mass is 16.4. The monoisotopic (exact) mass is 315 g/mol. The lowest BCUT2D eigenvalue weighted by Gasteiger charge is -2.30. The maximum absolute atomic E-state index is 12.2. The smallest absolute Gasteiger partial charge is 0.308 e. The van der Waals surface area contributed by atoms with Crippen LogP contribution in [0, 0.1) is 5.92 Å². The van der Waals surface area contributed by atoms with E-state index in [0.29, 0.717) is 31.8 Å². The summed E-state index contributed by atoms with van der Waals surface area (Å²) in [5.41, 5.74) is 2.37. The average molecular weight is 315 g/mol. The Morgan fingerprint density at radius 3 is 2.61 bits per heavy atom. The molecule has 4 nitrogen and oxygen atoms in total. The Hall–Kier alpha value is -2.10. The van der Waals surface area contributed by atoms with Crippen molar-refractivity contribution >= 4 is 18.0 Å². The zero-order valence-electron chi connectivity index (χ0n) is 13.9. The van der Waals surface area contributed by atoms with Crippen LogP contribution in [0.25, 0.3) is 6.08 Å². The van der Waals surface area contributed by atoms with Crippen molar-refractivity contribution in [3.05, 3.63) is 41.5 Å². The average Bonchev–Trinajstić information content (AvgIpc) is 2.55. The van der Waals surface area contributed by atoms with Crippen LogP contribution in [0.1, 0.15) is 50.2 Å². The minimum absolute atomic E-state index is 0.00556. The van der Waals surface area contributed by atoms with E-state index in [1.54, 1.807) is 4.90 Å². The number of carboxylic acid groups (broad SMARTS) is 1. The summed E-state index contributed by atoms with van der Waals surface area (Å²) in [4.78, 5) is 24.9. The predicted octanol–water partition coefficient (Wildman–Crippen LogP) is 3.54. The van der Waals surface area contributed by atoms with Gasteiger partial charge in [-0.1, -0.05) is 50.3 Å². The molecule has 1 aliphatic heterocycles. The fourth-order valence-corrected chi connectivity index (χ4v) is 2.82. The summed E-state index contributed by atoms with van der Waals surface area (Å²) in [6.07, 6.45) is 5.55. The number of hydrogen-bond donors (Lipinski definition) is 1. The zero-order chi connectivity index (χ0) is 16.8. The molecule has 23 heavy (non-hydrogen) atoms. The molecular weight excluding hydrogens is 290 g/mol. The van der Waals surface area contributed by atoms with E-state index in [0.717, 1.165) is 12.0 Å². The molecule has 1 fully saturated rings. The second-order valence-corrected chi connectivity index (χ2v) is 6.45. The minimum Gasteiger partial charge on any atom is -0.481 e. The first-order chi connectivity index (χ1) is 11.0. The van der Waals surface area contributed by atoms with Crippen molar-refractivity contribution in [1.29, 1.82) is 0 Å². The summed E-state index contributed by atoms with van der Waals surface area (Å²) < 4.78 is 0. The number of carbonyl (C=O) groups is 2. The molecule has 1 atom stereocenters. The molecule has 0 saturated carbocycles. The summed E-state index contributed by atoms with van der Waals surface area (Å²) in [7, 11) is 0. The summed E-state index contributed by atoms with van der Waals surface area (Å²) in [6.45, 7) is 5.32.